The van der Waals surface area contributed by atoms with Gasteiger partial charge < -0.3 is 0 Å². The summed E-state index contributed by atoms with van der Waals surface area (Å²) in [5.41, 5.74) is 0. The maximum atomic E-state index is 8.69. The van der Waals surface area contributed by atoms with Gasteiger partial charge in [0.2, 0.25) is 0 Å². The molecule has 0 unspecified atom stereocenters. The molecule has 0 aliphatic carbocycles. The molecule has 0 aromatic rings. The molecule has 0 aliphatic heterocycles. The first-order valence-corrected chi connectivity index (χ1v) is 5.21. The summed E-state index contributed by atoms with van der Waals surface area (Å²) in [6.07, 6.45) is 0. The first-order chi connectivity index (χ1) is 4.00. The zero-order valence-corrected chi connectivity index (χ0v) is 11.6. The van der Waals surface area contributed by atoms with Crippen molar-refractivity contribution in [3.8, 4) is 0 Å². The van der Waals surface area contributed by atoms with E-state index in [1.54, 1.807) is 0 Å². The molecule has 0 saturated carbocycles. The molecule has 0 heterocycles. The van der Waals surface area contributed by atoms with Gasteiger partial charge in [-0.1, -0.05) is 0 Å². The van der Waals surface area contributed by atoms with Crippen LogP contribution in [0.3, 0.4) is 0 Å². The van der Waals surface area contributed by atoms with Crippen molar-refractivity contribution in [2.24, 2.45) is 0 Å². The van der Waals surface area contributed by atoms with Crippen molar-refractivity contribution in [1.82, 2.24) is 0 Å². The second kappa shape index (κ2) is 6.80. The minimum atomic E-state index is -5.38. The molecule has 2 N–H and O–H groups in total. The molecule has 0 atom stereocenters. The van der Waals surface area contributed by atoms with Gasteiger partial charge in [-0.25, -0.2) is 0 Å². The van der Waals surface area contributed by atoms with Gasteiger partial charge in [-0.15, -0.1) is 0 Å². The van der Waals surface area contributed by atoms with E-state index in [1.807, 2.05) is 0 Å². The average molecular weight is 377 g/mol. The molecule has 0 aliphatic rings. The van der Waals surface area contributed by atoms with Crippen molar-refractivity contribution < 1.29 is 57.3 Å². The summed E-state index contributed by atoms with van der Waals surface area (Å²) in [5.74, 6) is 0. The summed E-state index contributed by atoms with van der Waals surface area (Å²) in [5, 5.41) is 0. The predicted octanol–water partition coefficient (Wildman–Crippen LogP) is -2.21. The van der Waals surface area contributed by atoms with Crippen LogP contribution in [0.15, 0.2) is 0 Å². The summed E-state index contributed by atoms with van der Waals surface area (Å²) in [6.45, 7) is 0. The Bertz CT molecular complexity index is 296. The molecule has 11 heteroatoms. The van der Waals surface area contributed by atoms with Crippen LogP contribution in [0.25, 0.3) is 0 Å². The van der Waals surface area contributed by atoms with Crippen LogP contribution in [0, 0.1) is 0 Å². The molecular weight excluding hydrogens is 375 g/mol. The van der Waals surface area contributed by atoms with Crippen molar-refractivity contribution in [2.45, 2.75) is 0 Å². The van der Waals surface area contributed by atoms with Crippen molar-refractivity contribution in [3.63, 3.8) is 0 Å². The summed E-state index contributed by atoms with van der Waals surface area (Å²) in [6, 6.07) is 0. The van der Waals surface area contributed by atoms with Gasteiger partial charge in [0.05, 0.1) is 0 Å². The van der Waals surface area contributed by atoms with Crippen LogP contribution in [0.2, 0.25) is 0 Å². The van der Waals surface area contributed by atoms with E-state index in [4.69, 9.17) is 31.4 Å². The molecule has 0 spiro atoms. The Morgan fingerprint density at radius 3 is 0.636 bits per heavy atom. The van der Waals surface area contributed by atoms with Gasteiger partial charge in [-0.2, -0.15) is 0 Å². The van der Waals surface area contributed by atoms with Crippen LogP contribution in [0.5, 0.6) is 0 Å². The van der Waals surface area contributed by atoms with Crippen LogP contribution in [0.1, 0.15) is 0 Å². The molecule has 0 aromatic heterocycles. The van der Waals surface area contributed by atoms with Gasteiger partial charge >= 0.3 is 57.3 Å². The van der Waals surface area contributed by atoms with E-state index < -0.39 is 25.9 Å². The molecule has 0 saturated heterocycles. The van der Waals surface area contributed by atoms with Gasteiger partial charge in [0.1, 0.15) is 0 Å². The topological polar surface area (TPSA) is 143 Å². The minimum absolute atomic E-state index is 0. The number of hydrogen-bond acceptors (Lipinski definition) is 6. The Kier molecular flexibility index (Phi) is 11.2. The van der Waals surface area contributed by atoms with Gasteiger partial charge in [0, 0.05) is 48.9 Å². The van der Waals surface area contributed by atoms with E-state index in [9.17, 15) is 0 Å². The standard InChI is InChI=1S/Ba.2Mn.2H2O.6O/h;;;2*1H2;;;;;;/q;2*+1;;;;;;;;/p-2. The van der Waals surface area contributed by atoms with E-state index in [1.165, 1.54) is 0 Å². The molecule has 8 nitrogen and oxygen atoms in total. The van der Waals surface area contributed by atoms with E-state index in [-0.39, 0.29) is 48.9 Å². The van der Waals surface area contributed by atoms with Crippen LogP contribution in [0.4, 0.5) is 0 Å². The predicted molar refractivity (Wildman–Crippen MR) is 14.3 cm³/mol. The average Bonchev–Trinajstić information content (AvgIpc) is 1.12. The molecule has 0 aromatic carbocycles. The van der Waals surface area contributed by atoms with Gasteiger partial charge in [0.15, 0.2) is 0 Å². The zero-order valence-electron chi connectivity index (χ0n) is 4.81. The second-order valence-corrected chi connectivity index (χ2v) is 3.27. The Balaban J connectivity index is -0.000000107. The fourth-order valence-electron chi connectivity index (χ4n) is 0. The fraction of sp³-hybridized carbons (Fsp3) is 0. The maximum absolute atomic E-state index is 8.69. The summed E-state index contributed by atoms with van der Waals surface area (Å²) in [4.78, 5) is 0. The second-order valence-electron chi connectivity index (χ2n) is 0.792. The van der Waals surface area contributed by atoms with E-state index >= 15 is 0 Å². The Morgan fingerprint density at radius 1 is 0.636 bits per heavy atom. The Morgan fingerprint density at radius 2 is 0.636 bits per heavy atom. The summed E-state index contributed by atoms with van der Waals surface area (Å²) < 4.78 is 66.1. The molecule has 66 valence electrons. The van der Waals surface area contributed by atoms with Crippen molar-refractivity contribution >= 4 is 48.9 Å². The number of rotatable bonds is 0. The van der Waals surface area contributed by atoms with Crippen molar-refractivity contribution in [2.75, 3.05) is 0 Å². The third-order valence-electron chi connectivity index (χ3n) is 0. The molecule has 11 heavy (non-hydrogen) atoms. The van der Waals surface area contributed by atoms with Crippen LogP contribution < -0.4 is 0 Å². The van der Waals surface area contributed by atoms with Crippen LogP contribution in [-0.4, -0.2) is 57.3 Å². The molecule has 2 radical (unpaired) electrons. The van der Waals surface area contributed by atoms with E-state index in [0.29, 0.717) is 0 Å². The van der Waals surface area contributed by atoms with Crippen molar-refractivity contribution in [1.29, 1.82) is 0 Å². The first-order valence-electron chi connectivity index (χ1n) is 1.26. The SMILES string of the molecule is [Ba].[O]=[Mn](=[O])(=[O])[OH].[O]=[Mn](=[O])(=[O])[OH]. The molecule has 0 amide bonds. The van der Waals surface area contributed by atoms with Gasteiger partial charge in [-0.3, -0.25) is 0 Å². The fourth-order valence-corrected chi connectivity index (χ4v) is 0. The molecule has 0 fully saturated rings. The quantitative estimate of drug-likeness (QED) is 0.452. The Labute approximate surface area is 104 Å². The molecule has 0 rings (SSSR count). The van der Waals surface area contributed by atoms with Gasteiger partial charge in [-0.05, 0) is 0 Å². The summed E-state index contributed by atoms with van der Waals surface area (Å²) in [7, 11) is 0. The van der Waals surface area contributed by atoms with Crippen molar-refractivity contribution in [3.05, 3.63) is 0 Å². The van der Waals surface area contributed by atoms with Crippen LogP contribution >= 0.6 is 0 Å². The Hall–Kier alpha value is 1.33. The monoisotopic (exact) mass is 378 g/mol. The number of hydrogen-bond donors (Lipinski definition) is 2. The third-order valence-corrected chi connectivity index (χ3v) is 0. The first kappa shape index (κ1) is 18.2. The van der Waals surface area contributed by atoms with Crippen LogP contribution in [-0.2, 0) is 48.9 Å². The molecule has 0 bridgehead atoms. The summed E-state index contributed by atoms with van der Waals surface area (Å²) >= 11 is -10.8. The zero-order chi connectivity index (χ0) is 9.00. The van der Waals surface area contributed by atoms with E-state index in [2.05, 4.69) is 0 Å². The normalized spacial score (nSPS) is 10.4. The molecular formula is H2BaMn2O8. The van der Waals surface area contributed by atoms with E-state index in [0.717, 1.165) is 0 Å². The van der Waals surface area contributed by atoms with Gasteiger partial charge in [0.25, 0.3) is 0 Å². The third kappa shape index (κ3) is 557.